The van der Waals surface area contributed by atoms with Gasteiger partial charge in [0.15, 0.2) is 0 Å². The Morgan fingerprint density at radius 1 is 0.762 bits per heavy atom. The van der Waals surface area contributed by atoms with Gasteiger partial charge in [0.25, 0.3) is 0 Å². The number of hydrogen-bond donors (Lipinski definition) is 0. The summed E-state index contributed by atoms with van der Waals surface area (Å²) < 4.78 is 9.83. The van der Waals surface area contributed by atoms with Crippen LogP contribution in [0.25, 0.3) is 0 Å². The molecule has 10 radical (unpaired) electrons. The SMILES string of the molecule is COCC[C]1[CH][CH][CH][CH]1.COCC[C]1[CH][CH][CH][CH]1.[Cl][Zr+2][Cl]. The molecule has 2 rings (SSSR count). The van der Waals surface area contributed by atoms with Gasteiger partial charge in [0, 0.05) is 27.4 Å². The van der Waals surface area contributed by atoms with Gasteiger partial charge in [-0.3, -0.25) is 0 Å². The van der Waals surface area contributed by atoms with E-state index in [-0.39, 0.29) is 0 Å². The molecule has 0 aromatic heterocycles. The Labute approximate surface area is 150 Å². The maximum absolute atomic E-state index is 4.93. The van der Waals surface area contributed by atoms with Crippen LogP contribution in [-0.4, -0.2) is 27.4 Å². The van der Waals surface area contributed by atoms with Crippen molar-refractivity contribution in [2.24, 2.45) is 0 Å². The average Bonchev–Trinajstić information content (AvgIpc) is 3.18. The molecule has 2 nitrogen and oxygen atoms in total. The topological polar surface area (TPSA) is 18.5 Å². The van der Waals surface area contributed by atoms with Crippen molar-refractivity contribution in [2.75, 3.05) is 27.4 Å². The van der Waals surface area contributed by atoms with Crippen LogP contribution in [0.15, 0.2) is 0 Å². The third-order valence-corrected chi connectivity index (χ3v) is 2.65. The fourth-order valence-corrected chi connectivity index (χ4v) is 1.60. The predicted octanol–water partition coefficient (Wildman–Crippen LogP) is 4.23. The maximum atomic E-state index is 4.93. The van der Waals surface area contributed by atoms with Gasteiger partial charge in [-0.25, -0.2) is 0 Å². The van der Waals surface area contributed by atoms with Crippen molar-refractivity contribution in [3.05, 3.63) is 63.2 Å². The molecule has 0 bridgehead atoms. The molecule has 0 aromatic rings. The molecule has 2 saturated carbocycles. The number of halogens is 2. The van der Waals surface area contributed by atoms with Crippen LogP contribution >= 0.6 is 17.0 Å². The number of ether oxygens (including phenoxy) is 2. The Balaban J connectivity index is 0.000000322. The minimum absolute atomic E-state index is 0.823. The summed E-state index contributed by atoms with van der Waals surface area (Å²) in [6, 6.07) is 0. The van der Waals surface area contributed by atoms with Crippen LogP contribution in [0, 0.1) is 63.2 Å². The van der Waals surface area contributed by atoms with Crippen molar-refractivity contribution in [3.63, 3.8) is 0 Å². The van der Waals surface area contributed by atoms with E-state index < -0.39 is 20.8 Å². The van der Waals surface area contributed by atoms with E-state index in [9.17, 15) is 0 Å². The van der Waals surface area contributed by atoms with Gasteiger partial charge in [-0.05, 0) is 76.0 Å². The molecule has 2 aliphatic carbocycles. The molecule has 2 fully saturated rings. The number of methoxy groups -OCH3 is 2. The van der Waals surface area contributed by atoms with Crippen LogP contribution in [0.2, 0.25) is 0 Å². The Morgan fingerprint density at radius 3 is 1.29 bits per heavy atom. The summed E-state index contributed by atoms with van der Waals surface area (Å²) in [5, 5.41) is 0. The first-order chi connectivity index (χ1) is 10.3. The second-order valence-corrected chi connectivity index (χ2v) is 7.88. The van der Waals surface area contributed by atoms with Gasteiger partial charge in [0.05, 0.1) is 0 Å². The zero-order valence-electron chi connectivity index (χ0n) is 12.5. The van der Waals surface area contributed by atoms with Crippen LogP contribution < -0.4 is 0 Å². The van der Waals surface area contributed by atoms with Crippen LogP contribution in [0.3, 0.4) is 0 Å². The van der Waals surface area contributed by atoms with Crippen LogP contribution in [0.5, 0.6) is 0 Å². The van der Waals surface area contributed by atoms with E-state index >= 15 is 0 Å². The van der Waals surface area contributed by atoms with Gasteiger partial charge in [0.2, 0.25) is 0 Å². The zero-order valence-corrected chi connectivity index (χ0v) is 16.5. The van der Waals surface area contributed by atoms with Crippen LogP contribution in [-0.2, 0) is 30.3 Å². The van der Waals surface area contributed by atoms with Crippen molar-refractivity contribution >= 4 is 17.0 Å². The molecule has 0 aromatic carbocycles. The summed E-state index contributed by atoms with van der Waals surface area (Å²) >= 11 is -0.826. The fourth-order valence-electron chi connectivity index (χ4n) is 1.60. The molecule has 0 atom stereocenters. The normalized spacial score (nSPS) is 18.5. The fraction of sp³-hybridized carbons (Fsp3) is 0.375. The first-order valence-electron chi connectivity index (χ1n) is 6.63. The van der Waals surface area contributed by atoms with E-state index in [0.717, 1.165) is 26.1 Å². The zero-order chi connectivity index (χ0) is 15.8. The Bertz CT molecular complexity index is 177. The van der Waals surface area contributed by atoms with Gasteiger partial charge in [0.1, 0.15) is 0 Å². The van der Waals surface area contributed by atoms with E-state index in [4.69, 9.17) is 26.5 Å². The van der Waals surface area contributed by atoms with Gasteiger partial charge in [-0.1, -0.05) is 0 Å². The third-order valence-electron chi connectivity index (χ3n) is 2.65. The van der Waals surface area contributed by atoms with Crippen LogP contribution in [0.4, 0.5) is 0 Å². The third kappa shape index (κ3) is 14.7. The molecule has 0 saturated heterocycles. The quantitative estimate of drug-likeness (QED) is 0.655. The summed E-state index contributed by atoms with van der Waals surface area (Å²) in [7, 11) is 13.3. The van der Waals surface area contributed by atoms with E-state index in [2.05, 4.69) is 25.7 Å². The van der Waals surface area contributed by atoms with Crippen molar-refractivity contribution in [1.82, 2.24) is 0 Å². The van der Waals surface area contributed by atoms with E-state index in [1.807, 2.05) is 25.7 Å². The van der Waals surface area contributed by atoms with Crippen molar-refractivity contribution < 1.29 is 30.3 Å². The first-order valence-corrected chi connectivity index (χ1v) is 13.0. The van der Waals surface area contributed by atoms with Gasteiger partial charge >= 0.3 is 37.9 Å². The van der Waals surface area contributed by atoms with Gasteiger partial charge in [-0.15, -0.1) is 0 Å². The number of rotatable bonds is 6. The van der Waals surface area contributed by atoms with Gasteiger partial charge in [-0.2, -0.15) is 0 Å². The monoisotopic (exact) mass is 406 g/mol. The molecule has 0 spiro atoms. The molecule has 2 aliphatic rings. The Kier molecular flexibility index (Phi) is 18.9. The number of hydrogen-bond acceptors (Lipinski definition) is 2. The molecular formula is C16H22Cl2O2Zr+2. The molecule has 0 amide bonds. The summed E-state index contributed by atoms with van der Waals surface area (Å²) in [5.41, 5.74) is 0. The molecule has 0 heterocycles. The van der Waals surface area contributed by atoms with Gasteiger partial charge < -0.3 is 9.47 Å². The first kappa shape index (κ1) is 22.4. The Morgan fingerprint density at radius 2 is 1.05 bits per heavy atom. The summed E-state index contributed by atoms with van der Waals surface area (Å²) in [6.45, 7) is 1.65. The second kappa shape index (κ2) is 17.7. The molecule has 0 unspecified atom stereocenters. The molecule has 5 heteroatoms. The predicted molar refractivity (Wildman–Crippen MR) is 85.6 cm³/mol. The van der Waals surface area contributed by atoms with Crippen LogP contribution in [0.1, 0.15) is 12.8 Å². The molecule has 0 N–H and O–H groups in total. The van der Waals surface area contributed by atoms with E-state index in [0.29, 0.717) is 0 Å². The summed E-state index contributed by atoms with van der Waals surface area (Å²) in [5.74, 6) is 2.72. The molecule has 0 aliphatic heterocycles. The van der Waals surface area contributed by atoms with Crippen molar-refractivity contribution in [2.45, 2.75) is 12.8 Å². The summed E-state index contributed by atoms with van der Waals surface area (Å²) in [6.07, 6.45) is 18.7. The molecular weight excluding hydrogens is 386 g/mol. The standard InChI is InChI=1S/2C8H11O.2ClH.Zr/c2*1-9-7-6-8-4-2-3-5-8;;;/h2*2-5H,6-7H2,1H3;2*1H;/q;;;;+4/p-2. The van der Waals surface area contributed by atoms with Crippen molar-refractivity contribution in [3.8, 4) is 0 Å². The average molecular weight is 408 g/mol. The van der Waals surface area contributed by atoms with Crippen molar-refractivity contribution in [1.29, 1.82) is 0 Å². The second-order valence-electron chi connectivity index (χ2n) is 4.14. The molecule has 21 heavy (non-hydrogen) atoms. The van der Waals surface area contributed by atoms with E-state index in [1.165, 1.54) is 11.8 Å². The molecule has 114 valence electrons. The Hall–Kier alpha value is 1.38. The minimum atomic E-state index is -0.826. The van der Waals surface area contributed by atoms with E-state index in [1.54, 1.807) is 14.2 Å². The summed E-state index contributed by atoms with van der Waals surface area (Å²) in [4.78, 5) is 0.